The molecule has 1 amide bonds. The van der Waals surface area contributed by atoms with Crippen LogP contribution in [0.4, 0.5) is 11.5 Å². The van der Waals surface area contributed by atoms with Gasteiger partial charge in [-0.15, -0.1) is 0 Å². The number of hydrogen-bond acceptors (Lipinski definition) is 4. The van der Waals surface area contributed by atoms with Crippen molar-refractivity contribution in [1.82, 2.24) is 4.98 Å². The van der Waals surface area contributed by atoms with E-state index in [-0.39, 0.29) is 12.5 Å². The number of para-hydroxylation sites is 1. The number of hydrogen-bond donors (Lipinski definition) is 2. The molecule has 5 heteroatoms. The van der Waals surface area contributed by atoms with Gasteiger partial charge in [0.05, 0.1) is 11.9 Å². The molecule has 0 atom stereocenters. The van der Waals surface area contributed by atoms with Crippen molar-refractivity contribution >= 4 is 17.4 Å². The predicted octanol–water partition coefficient (Wildman–Crippen LogP) is 2.92. The molecule has 0 unspecified atom stereocenters. The quantitative estimate of drug-likeness (QED) is 0.821. The fourth-order valence-electron chi connectivity index (χ4n) is 1.69. The van der Waals surface area contributed by atoms with E-state index < -0.39 is 0 Å². The second-order valence-corrected chi connectivity index (χ2v) is 4.51. The summed E-state index contributed by atoms with van der Waals surface area (Å²) in [6.45, 7) is 2.96. The van der Waals surface area contributed by atoms with Crippen LogP contribution in [-0.4, -0.2) is 24.0 Å². The third-order valence-corrected chi connectivity index (χ3v) is 2.72. The topological polar surface area (TPSA) is 63.2 Å². The first-order valence-electron chi connectivity index (χ1n) is 6.95. The Hall–Kier alpha value is -2.56. The standard InChI is InChI=1S/C16H19N3O2/c1-2-10-17-13-8-9-15(18-11-13)19-16(20)12-21-14-6-4-3-5-7-14/h3-9,11,17H,2,10,12H2,1H3,(H,18,19,20). The number of nitrogens with one attached hydrogen (secondary N) is 2. The van der Waals surface area contributed by atoms with Crippen LogP contribution in [0.1, 0.15) is 13.3 Å². The average Bonchev–Trinajstić information content (AvgIpc) is 2.53. The van der Waals surface area contributed by atoms with E-state index in [2.05, 4.69) is 22.5 Å². The van der Waals surface area contributed by atoms with E-state index in [0.717, 1.165) is 18.7 Å². The number of benzene rings is 1. The molecule has 2 N–H and O–H groups in total. The molecular weight excluding hydrogens is 266 g/mol. The van der Waals surface area contributed by atoms with Crippen LogP contribution >= 0.6 is 0 Å². The normalized spacial score (nSPS) is 9.95. The van der Waals surface area contributed by atoms with Crippen LogP contribution < -0.4 is 15.4 Å². The number of aromatic nitrogens is 1. The number of nitrogens with zero attached hydrogens (tertiary/aromatic N) is 1. The molecule has 1 aromatic carbocycles. The molecule has 2 aromatic rings. The fraction of sp³-hybridized carbons (Fsp3) is 0.250. The van der Waals surface area contributed by atoms with Crippen molar-refractivity contribution in [3.8, 4) is 5.75 Å². The van der Waals surface area contributed by atoms with Crippen LogP contribution in [-0.2, 0) is 4.79 Å². The summed E-state index contributed by atoms with van der Waals surface area (Å²) in [6, 6.07) is 12.9. The molecule has 0 aliphatic carbocycles. The molecule has 0 saturated carbocycles. The smallest absolute Gasteiger partial charge is 0.263 e. The Morgan fingerprint density at radius 2 is 2.00 bits per heavy atom. The van der Waals surface area contributed by atoms with Gasteiger partial charge in [0, 0.05) is 6.54 Å². The second kappa shape index (κ2) is 7.89. The summed E-state index contributed by atoms with van der Waals surface area (Å²) in [5, 5.41) is 5.91. The zero-order valence-electron chi connectivity index (χ0n) is 12.0. The van der Waals surface area contributed by atoms with Crippen LogP contribution in [0.2, 0.25) is 0 Å². The minimum absolute atomic E-state index is 0.0401. The molecule has 0 spiro atoms. The maximum Gasteiger partial charge on any atom is 0.263 e. The van der Waals surface area contributed by atoms with Crippen molar-refractivity contribution in [1.29, 1.82) is 0 Å². The average molecular weight is 285 g/mol. The van der Waals surface area contributed by atoms with Gasteiger partial charge >= 0.3 is 0 Å². The number of pyridine rings is 1. The molecule has 0 radical (unpaired) electrons. The van der Waals surface area contributed by atoms with Crippen molar-refractivity contribution in [2.24, 2.45) is 0 Å². The van der Waals surface area contributed by atoms with Crippen LogP contribution in [0.5, 0.6) is 5.75 Å². The lowest BCUT2D eigenvalue weighted by Gasteiger charge is -2.08. The molecule has 0 aliphatic heterocycles. The van der Waals surface area contributed by atoms with E-state index >= 15 is 0 Å². The molecule has 0 saturated heterocycles. The Labute approximate surface area is 124 Å². The van der Waals surface area contributed by atoms with Crippen LogP contribution in [0.25, 0.3) is 0 Å². The monoisotopic (exact) mass is 285 g/mol. The molecule has 1 aromatic heterocycles. The molecule has 1 heterocycles. The first-order chi connectivity index (χ1) is 10.3. The summed E-state index contributed by atoms with van der Waals surface area (Å²) in [4.78, 5) is 15.9. The summed E-state index contributed by atoms with van der Waals surface area (Å²) >= 11 is 0. The highest BCUT2D eigenvalue weighted by Gasteiger charge is 2.04. The predicted molar refractivity (Wildman–Crippen MR) is 83.6 cm³/mol. The molecule has 0 bridgehead atoms. The first-order valence-corrected chi connectivity index (χ1v) is 6.95. The van der Waals surface area contributed by atoms with Gasteiger partial charge in [-0.1, -0.05) is 25.1 Å². The van der Waals surface area contributed by atoms with Crippen LogP contribution in [0.3, 0.4) is 0 Å². The maximum atomic E-state index is 11.8. The molecule has 0 aliphatic rings. The van der Waals surface area contributed by atoms with Crippen molar-refractivity contribution in [2.75, 3.05) is 23.8 Å². The summed E-state index contributed by atoms with van der Waals surface area (Å²) in [5.74, 6) is 0.944. The lowest BCUT2D eigenvalue weighted by molar-refractivity contribution is -0.118. The van der Waals surface area contributed by atoms with Crippen molar-refractivity contribution in [2.45, 2.75) is 13.3 Å². The second-order valence-electron chi connectivity index (χ2n) is 4.51. The van der Waals surface area contributed by atoms with Gasteiger partial charge in [0.1, 0.15) is 11.6 Å². The zero-order valence-corrected chi connectivity index (χ0v) is 12.0. The van der Waals surface area contributed by atoms with Gasteiger partial charge in [-0.05, 0) is 30.7 Å². The largest absolute Gasteiger partial charge is 0.484 e. The third-order valence-electron chi connectivity index (χ3n) is 2.72. The molecule has 2 rings (SSSR count). The summed E-state index contributed by atoms with van der Waals surface area (Å²) in [7, 11) is 0. The maximum absolute atomic E-state index is 11.8. The summed E-state index contributed by atoms with van der Waals surface area (Å²) in [6.07, 6.45) is 2.75. The van der Waals surface area contributed by atoms with E-state index in [0.29, 0.717) is 11.6 Å². The van der Waals surface area contributed by atoms with E-state index in [4.69, 9.17) is 4.74 Å². The highest BCUT2D eigenvalue weighted by Crippen LogP contribution is 2.10. The Morgan fingerprint density at radius 1 is 1.19 bits per heavy atom. The highest BCUT2D eigenvalue weighted by molar-refractivity contribution is 5.91. The number of carbonyl (C=O) groups excluding carboxylic acids is 1. The van der Waals surface area contributed by atoms with Gasteiger partial charge < -0.3 is 15.4 Å². The molecule has 21 heavy (non-hydrogen) atoms. The Balaban J connectivity index is 1.79. The van der Waals surface area contributed by atoms with E-state index in [1.807, 2.05) is 24.3 Å². The minimum Gasteiger partial charge on any atom is -0.484 e. The number of rotatable bonds is 7. The van der Waals surface area contributed by atoms with Crippen LogP contribution in [0, 0.1) is 0 Å². The Morgan fingerprint density at radius 3 is 2.67 bits per heavy atom. The summed E-state index contributed by atoms with van der Waals surface area (Å²) in [5.41, 5.74) is 0.940. The molecular formula is C16H19N3O2. The first kappa shape index (κ1) is 14.8. The zero-order chi connectivity index (χ0) is 14.9. The third kappa shape index (κ3) is 5.14. The SMILES string of the molecule is CCCNc1ccc(NC(=O)COc2ccccc2)nc1. The Kier molecular flexibility index (Phi) is 5.58. The number of ether oxygens (including phenoxy) is 1. The van der Waals surface area contributed by atoms with Gasteiger partial charge in [-0.25, -0.2) is 4.98 Å². The lowest BCUT2D eigenvalue weighted by atomic mass is 10.3. The molecule has 5 nitrogen and oxygen atoms in total. The highest BCUT2D eigenvalue weighted by atomic mass is 16.5. The van der Waals surface area contributed by atoms with E-state index in [1.165, 1.54) is 0 Å². The minimum atomic E-state index is -0.236. The van der Waals surface area contributed by atoms with Gasteiger partial charge in [-0.2, -0.15) is 0 Å². The van der Waals surface area contributed by atoms with Crippen molar-refractivity contribution in [3.63, 3.8) is 0 Å². The fourth-order valence-corrected chi connectivity index (χ4v) is 1.69. The lowest BCUT2D eigenvalue weighted by Crippen LogP contribution is -2.20. The van der Waals surface area contributed by atoms with E-state index in [1.54, 1.807) is 24.4 Å². The summed E-state index contributed by atoms with van der Waals surface area (Å²) < 4.78 is 5.36. The van der Waals surface area contributed by atoms with E-state index in [9.17, 15) is 4.79 Å². The number of anilines is 2. The molecule has 0 fully saturated rings. The van der Waals surface area contributed by atoms with Crippen molar-refractivity contribution in [3.05, 3.63) is 48.7 Å². The molecule has 110 valence electrons. The van der Waals surface area contributed by atoms with Gasteiger partial charge in [0.2, 0.25) is 0 Å². The Bertz CT molecular complexity index is 555. The van der Waals surface area contributed by atoms with Gasteiger partial charge in [0.25, 0.3) is 5.91 Å². The van der Waals surface area contributed by atoms with Gasteiger partial charge in [-0.3, -0.25) is 4.79 Å². The van der Waals surface area contributed by atoms with Gasteiger partial charge in [0.15, 0.2) is 6.61 Å². The van der Waals surface area contributed by atoms with Crippen molar-refractivity contribution < 1.29 is 9.53 Å². The van der Waals surface area contributed by atoms with Crippen LogP contribution in [0.15, 0.2) is 48.7 Å². The number of carbonyl (C=O) groups is 1. The number of amides is 1.